The van der Waals surface area contributed by atoms with Crippen LogP contribution in [0, 0.1) is 11.3 Å². The molecule has 1 aliphatic carbocycles. The van der Waals surface area contributed by atoms with Crippen molar-refractivity contribution in [2.75, 3.05) is 13.2 Å². The number of carbonyl (C=O) groups is 1. The topological polar surface area (TPSA) is 46.5 Å². The third kappa shape index (κ3) is 0.504. The third-order valence-corrected chi connectivity index (χ3v) is 2.54. The van der Waals surface area contributed by atoms with Gasteiger partial charge in [0.1, 0.15) is 0 Å². The first kappa shape index (κ1) is 6.97. The minimum absolute atomic E-state index is 0.126. The Labute approximate surface area is 61.0 Å². The van der Waals surface area contributed by atoms with E-state index in [1.165, 1.54) is 0 Å². The summed E-state index contributed by atoms with van der Waals surface area (Å²) in [6.45, 7) is -0.473. The maximum absolute atomic E-state index is 12.7. The van der Waals surface area contributed by atoms with Gasteiger partial charge in [-0.1, -0.05) is 0 Å². The molecule has 1 N–H and O–H groups in total. The van der Waals surface area contributed by atoms with E-state index in [1.807, 2.05) is 0 Å². The number of hydrogen-bond acceptors (Lipinski definition) is 2. The second kappa shape index (κ2) is 1.55. The number of rotatable bonds is 1. The second-order valence-corrected chi connectivity index (χ2v) is 2.97. The number of aliphatic carboxylic acids is 1. The van der Waals surface area contributed by atoms with Crippen LogP contribution in [-0.4, -0.2) is 30.2 Å². The fourth-order valence-corrected chi connectivity index (χ4v) is 1.67. The van der Waals surface area contributed by atoms with Gasteiger partial charge in [-0.05, 0) is 0 Å². The van der Waals surface area contributed by atoms with Crippen molar-refractivity contribution < 1.29 is 23.4 Å². The first-order valence-corrected chi connectivity index (χ1v) is 3.22. The number of hydrogen-bond donors (Lipinski definition) is 1. The van der Waals surface area contributed by atoms with Crippen molar-refractivity contribution in [3.63, 3.8) is 0 Å². The maximum atomic E-state index is 12.7. The second-order valence-electron chi connectivity index (χ2n) is 2.97. The lowest BCUT2D eigenvalue weighted by molar-refractivity contribution is -0.149. The lowest BCUT2D eigenvalue weighted by Crippen LogP contribution is -2.26. The molecule has 1 heterocycles. The Morgan fingerprint density at radius 2 is 2.27 bits per heavy atom. The third-order valence-electron chi connectivity index (χ3n) is 2.54. The van der Waals surface area contributed by atoms with Gasteiger partial charge >= 0.3 is 5.97 Å². The summed E-state index contributed by atoms with van der Waals surface area (Å²) >= 11 is 0. The Balaban J connectivity index is 2.33. The van der Waals surface area contributed by atoms with Gasteiger partial charge in [-0.3, -0.25) is 4.79 Å². The van der Waals surface area contributed by atoms with Crippen LogP contribution in [0.4, 0.5) is 8.78 Å². The maximum Gasteiger partial charge on any atom is 0.318 e. The van der Waals surface area contributed by atoms with Crippen LogP contribution in [-0.2, 0) is 9.53 Å². The summed E-state index contributed by atoms with van der Waals surface area (Å²) in [7, 11) is 0. The fraction of sp³-hybridized carbons (Fsp3) is 0.833. The van der Waals surface area contributed by atoms with Gasteiger partial charge in [0.15, 0.2) is 5.41 Å². The molecule has 2 aliphatic rings. The minimum atomic E-state index is -3.04. The summed E-state index contributed by atoms with van der Waals surface area (Å²) in [5.74, 6) is -5.57. The van der Waals surface area contributed by atoms with E-state index in [4.69, 9.17) is 5.11 Å². The molecule has 0 unspecified atom stereocenters. The van der Waals surface area contributed by atoms with Crippen LogP contribution in [0.3, 0.4) is 0 Å². The number of alkyl halides is 2. The van der Waals surface area contributed by atoms with Crippen LogP contribution in [0.5, 0.6) is 0 Å². The summed E-state index contributed by atoms with van der Waals surface area (Å²) in [4.78, 5) is 10.4. The van der Waals surface area contributed by atoms with Crippen molar-refractivity contribution in [3.05, 3.63) is 0 Å². The molecule has 0 radical (unpaired) electrons. The molecule has 2 atom stereocenters. The molecule has 2 rings (SSSR count). The highest BCUT2D eigenvalue weighted by molar-refractivity contribution is 5.82. The lowest BCUT2D eigenvalue weighted by Gasteiger charge is -2.07. The van der Waals surface area contributed by atoms with Gasteiger partial charge in [-0.25, -0.2) is 8.78 Å². The van der Waals surface area contributed by atoms with Crippen molar-refractivity contribution in [1.29, 1.82) is 0 Å². The van der Waals surface area contributed by atoms with Crippen molar-refractivity contribution >= 4 is 5.97 Å². The van der Waals surface area contributed by atoms with Gasteiger partial charge < -0.3 is 9.84 Å². The molecule has 0 amide bonds. The summed E-state index contributed by atoms with van der Waals surface area (Å²) in [6, 6.07) is 0. The first-order chi connectivity index (χ1) is 5.03. The predicted octanol–water partition coefficient (Wildman–Crippen LogP) is 0.353. The SMILES string of the molecule is O=C(O)[C@]12COC[C@H]1C2(F)F. The number of carboxylic acid groups (broad SMARTS) is 1. The van der Waals surface area contributed by atoms with E-state index in [0.29, 0.717) is 0 Å². The first-order valence-electron chi connectivity index (χ1n) is 3.22. The van der Waals surface area contributed by atoms with E-state index in [0.717, 1.165) is 0 Å². The van der Waals surface area contributed by atoms with E-state index in [-0.39, 0.29) is 13.2 Å². The summed E-state index contributed by atoms with van der Waals surface area (Å²) in [5, 5.41) is 8.49. The summed E-state index contributed by atoms with van der Waals surface area (Å²) in [6.07, 6.45) is 0. The van der Waals surface area contributed by atoms with Gasteiger partial charge in [-0.2, -0.15) is 0 Å². The zero-order valence-corrected chi connectivity index (χ0v) is 5.51. The fourth-order valence-electron chi connectivity index (χ4n) is 1.67. The molecule has 5 heteroatoms. The van der Waals surface area contributed by atoms with Crippen LogP contribution in [0.1, 0.15) is 0 Å². The summed E-state index contributed by atoms with van der Waals surface area (Å²) < 4.78 is 30.0. The Kier molecular flexibility index (Phi) is 0.982. The quantitative estimate of drug-likeness (QED) is 0.608. The average Bonchev–Trinajstić information content (AvgIpc) is 2.25. The molecule has 0 aromatic heterocycles. The molecule has 0 aromatic carbocycles. The molecule has 11 heavy (non-hydrogen) atoms. The highest BCUT2D eigenvalue weighted by Crippen LogP contribution is 2.69. The Hall–Kier alpha value is -0.710. The van der Waals surface area contributed by atoms with Crippen molar-refractivity contribution in [2.24, 2.45) is 11.3 Å². The Morgan fingerprint density at radius 1 is 1.64 bits per heavy atom. The smallest absolute Gasteiger partial charge is 0.318 e. The minimum Gasteiger partial charge on any atom is -0.481 e. The summed E-state index contributed by atoms with van der Waals surface area (Å²) in [5.41, 5.74) is -1.88. The van der Waals surface area contributed by atoms with E-state index < -0.39 is 23.2 Å². The molecule has 0 bridgehead atoms. The zero-order chi connectivity index (χ0) is 8.28. The molecule has 1 saturated carbocycles. The van der Waals surface area contributed by atoms with E-state index in [9.17, 15) is 13.6 Å². The van der Waals surface area contributed by atoms with Crippen LogP contribution >= 0.6 is 0 Å². The van der Waals surface area contributed by atoms with Crippen LogP contribution in [0.25, 0.3) is 0 Å². The zero-order valence-electron chi connectivity index (χ0n) is 5.51. The van der Waals surface area contributed by atoms with Crippen LogP contribution in [0.2, 0.25) is 0 Å². The molecule has 3 nitrogen and oxygen atoms in total. The molecular weight excluding hydrogens is 158 g/mol. The largest absolute Gasteiger partial charge is 0.481 e. The highest BCUT2D eigenvalue weighted by Gasteiger charge is 2.87. The molecule has 1 saturated heterocycles. The van der Waals surface area contributed by atoms with Gasteiger partial charge in [0.25, 0.3) is 5.92 Å². The molecular formula is C6H6F2O3. The van der Waals surface area contributed by atoms with Gasteiger partial charge in [0.05, 0.1) is 19.1 Å². The molecule has 1 aliphatic heterocycles. The Morgan fingerprint density at radius 3 is 2.55 bits per heavy atom. The van der Waals surface area contributed by atoms with E-state index >= 15 is 0 Å². The van der Waals surface area contributed by atoms with E-state index in [2.05, 4.69) is 4.74 Å². The standard InChI is InChI=1S/C6H6F2O3/c7-6(8)3-1-11-2-5(3,6)4(9)10/h3H,1-2H2,(H,9,10)/t3-,5+/m1/s1. The molecule has 2 fully saturated rings. The normalized spacial score (nSPS) is 45.1. The van der Waals surface area contributed by atoms with Gasteiger partial charge in [-0.15, -0.1) is 0 Å². The highest BCUT2D eigenvalue weighted by atomic mass is 19.3. The van der Waals surface area contributed by atoms with Gasteiger partial charge in [0, 0.05) is 0 Å². The van der Waals surface area contributed by atoms with E-state index in [1.54, 1.807) is 0 Å². The number of fused-ring (bicyclic) bond motifs is 1. The monoisotopic (exact) mass is 164 g/mol. The molecule has 0 aromatic rings. The van der Waals surface area contributed by atoms with Crippen molar-refractivity contribution in [3.8, 4) is 0 Å². The van der Waals surface area contributed by atoms with Crippen molar-refractivity contribution in [1.82, 2.24) is 0 Å². The lowest BCUT2D eigenvalue weighted by atomic mass is 10.1. The Bertz CT molecular complexity index is 228. The average molecular weight is 164 g/mol. The molecule has 62 valence electrons. The predicted molar refractivity (Wildman–Crippen MR) is 29.3 cm³/mol. The number of carboxylic acids is 1. The van der Waals surface area contributed by atoms with Crippen molar-refractivity contribution in [2.45, 2.75) is 5.92 Å². The van der Waals surface area contributed by atoms with Crippen LogP contribution in [0.15, 0.2) is 0 Å². The number of ether oxygens (including phenoxy) is 1. The molecule has 0 spiro atoms. The number of halogens is 2. The van der Waals surface area contributed by atoms with Gasteiger partial charge in [0.2, 0.25) is 0 Å². The van der Waals surface area contributed by atoms with Crippen LogP contribution < -0.4 is 0 Å².